The van der Waals surface area contributed by atoms with E-state index in [0.29, 0.717) is 0 Å². The van der Waals surface area contributed by atoms with Gasteiger partial charge in [-0.1, -0.05) is 11.6 Å². The monoisotopic (exact) mass is 699 g/mol. The number of hydrogen-bond acceptors (Lipinski definition) is 4. The molecular weight excluding hydrogens is 700 g/mol. The molecule has 0 rings (SSSR count). The molecule has 0 N–H and O–H groups in total. The van der Waals surface area contributed by atoms with E-state index in [0.717, 1.165) is 14.2 Å². The minimum atomic E-state index is -8.79. The van der Waals surface area contributed by atoms with Crippen LogP contribution in [0.25, 0.3) is 0 Å². The molecule has 0 aromatic carbocycles. The molecule has 0 fully saturated rings. The molecule has 41 heavy (non-hydrogen) atoms. The summed E-state index contributed by atoms with van der Waals surface area (Å²) in [5, 5.41) is 3.11. The van der Waals surface area contributed by atoms with Gasteiger partial charge in [0.05, 0.1) is 0 Å². The maximum Gasteiger partial charge on any atom is 0.458 e. The lowest BCUT2D eigenvalue weighted by atomic mass is 10.2. The fourth-order valence-corrected chi connectivity index (χ4v) is 1.71. The number of ether oxygens (including phenoxy) is 3. The van der Waals surface area contributed by atoms with Crippen LogP contribution in [-0.4, -0.2) is 71.8 Å². The molecule has 0 heterocycles. The van der Waals surface area contributed by atoms with Crippen LogP contribution in [0.2, 0.25) is 0 Å². The van der Waals surface area contributed by atoms with Crippen molar-refractivity contribution in [1.29, 1.82) is 0 Å². The molecule has 0 aliphatic carbocycles. The molecule has 0 amide bonds. The van der Waals surface area contributed by atoms with Gasteiger partial charge in [0, 0.05) is 0 Å². The van der Waals surface area contributed by atoms with Gasteiger partial charge in [-0.15, -0.1) is 0 Å². The summed E-state index contributed by atoms with van der Waals surface area (Å²) in [6.07, 6.45) is -65.5. The second-order valence-corrected chi connectivity index (χ2v) is 7.25. The Morgan fingerprint density at radius 1 is 0.341 bits per heavy atom. The molecule has 0 aliphatic rings. The van der Waals surface area contributed by atoms with E-state index in [1.54, 1.807) is 0 Å². The van der Waals surface area contributed by atoms with E-state index in [4.69, 9.17) is 0 Å². The lowest BCUT2D eigenvalue weighted by Gasteiger charge is -2.45. The molecule has 0 spiro atoms. The Bertz CT molecular complexity index is 931. The third kappa shape index (κ3) is 6.53. The van der Waals surface area contributed by atoms with Crippen molar-refractivity contribution in [2.75, 3.05) is 0 Å². The van der Waals surface area contributed by atoms with Crippen LogP contribution in [0.15, 0.2) is 0 Å². The Morgan fingerprint density at radius 2 is 0.610 bits per heavy atom. The van der Waals surface area contributed by atoms with Crippen LogP contribution in [0.1, 0.15) is 0 Å². The maximum absolute atomic E-state index is 14.0. The second-order valence-electron chi connectivity index (χ2n) is 6.72. The van der Waals surface area contributed by atoms with E-state index in [-0.39, 0.29) is 0 Å². The van der Waals surface area contributed by atoms with Crippen molar-refractivity contribution in [3.8, 4) is 0 Å². The zero-order valence-corrected chi connectivity index (χ0v) is 17.8. The fraction of sp³-hybridized carbons (Fsp3) is 1.00. The number of halogens is 25. The molecule has 4 unspecified atom stereocenters. The van der Waals surface area contributed by atoms with Crippen molar-refractivity contribution in [2.24, 2.45) is 0 Å². The molecular formula is C12ClF24O4-. The SMILES string of the molecule is [O-]C(F)(C(F)(F)F)C(F)(F)OC(F)(C(F)(F)F)C(F)(F)OC(F)(C(F)(F)F)C(F)(F)OC(F)(F)C(F)(Cl)C(F)(F)F. The van der Waals surface area contributed by atoms with Gasteiger partial charge in [0.2, 0.25) is 5.85 Å². The highest BCUT2D eigenvalue weighted by atomic mass is 35.5. The standard InChI is InChI=1S/C12ClF24O4/c13-1(14,5(18,19)20)9(30,31)41-12(36,37)4(17,8(27,28)29)40-11(34,35)3(16,7(24,25)26)39-10(32,33)2(15,38)6(21,22)23/q-1. The highest BCUT2D eigenvalue weighted by molar-refractivity contribution is 6.24. The molecule has 0 radical (unpaired) electrons. The average molecular weight is 700 g/mol. The summed E-state index contributed by atoms with van der Waals surface area (Å²) in [6, 6.07) is 0. The summed E-state index contributed by atoms with van der Waals surface area (Å²) in [4.78, 5) is 0. The van der Waals surface area contributed by atoms with Crippen LogP contribution in [-0.2, 0) is 14.2 Å². The Balaban J connectivity index is 7.18. The zero-order valence-electron chi connectivity index (χ0n) is 17.1. The zero-order chi connectivity index (χ0) is 34.1. The van der Waals surface area contributed by atoms with Crippen LogP contribution in [0.3, 0.4) is 0 Å². The van der Waals surface area contributed by atoms with Gasteiger partial charge in [0.1, 0.15) is 0 Å². The first-order valence-electron chi connectivity index (χ1n) is 8.15. The largest absolute Gasteiger partial charge is 0.811 e. The molecule has 29 heteroatoms. The highest BCUT2D eigenvalue weighted by Gasteiger charge is 2.87. The fourth-order valence-electron chi connectivity index (χ4n) is 1.67. The van der Waals surface area contributed by atoms with Gasteiger partial charge in [-0.3, -0.25) is 9.47 Å². The normalized spacial score (nSPS) is 21.5. The first-order chi connectivity index (χ1) is 17.1. The number of hydrogen-bond donors (Lipinski definition) is 0. The Hall–Kier alpha value is -1.55. The first-order valence-corrected chi connectivity index (χ1v) is 8.53. The van der Waals surface area contributed by atoms with Gasteiger partial charge >= 0.3 is 66.0 Å². The summed E-state index contributed by atoms with van der Waals surface area (Å²) in [7, 11) is 0. The summed E-state index contributed by atoms with van der Waals surface area (Å²) < 4.78 is 313. The van der Waals surface area contributed by atoms with E-state index in [9.17, 15) is 110 Å². The van der Waals surface area contributed by atoms with Crippen molar-refractivity contribution in [1.82, 2.24) is 0 Å². The Morgan fingerprint density at radius 3 is 0.854 bits per heavy atom. The van der Waals surface area contributed by atoms with E-state index in [1.165, 1.54) is 0 Å². The summed E-state index contributed by atoms with van der Waals surface area (Å²) in [5.41, 5.74) is 0. The minimum Gasteiger partial charge on any atom is -0.811 e. The predicted molar refractivity (Wildman–Crippen MR) is 68.5 cm³/mol. The van der Waals surface area contributed by atoms with Gasteiger partial charge in [-0.25, -0.2) is 13.5 Å². The number of alkyl halides is 25. The Labute approximate surface area is 209 Å². The van der Waals surface area contributed by atoms with Crippen molar-refractivity contribution in [3.63, 3.8) is 0 Å². The second kappa shape index (κ2) is 10.00. The van der Waals surface area contributed by atoms with Crippen LogP contribution in [0.4, 0.5) is 105 Å². The molecule has 0 aliphatic heterocycles. The van der Waals surface area contributed by atoms with Gasteiger partial charge in [0.15, 0.2) is 0 Å². The molecule has 4 atom stereocenters. The maximum atomic E-state index is 14.0. The van der Waals surface area contributed by atoms with Crippen molar-refractivity contribution in [2.45, 2.75) is 71.8 Å². The van der Waals surface area contributed by atoms with Crippen LogP contribution in [0.5, 0.6) is 0 Å². The lowest BCUT2D eigenvalue weighted by Crippen LogP contribution is -2.72. The molecule has 0 bridgehead atoms. The highest BCUT2D eigenvalue weighted by Crippen LogP contribution is 2.59. The Kier molecular flexibility index (Phi) is 9.62. The molecule has 248 valence electrons. The molecule has 4 nitrogen and oxygen atoms in total. The summed E-state index contributed by atoms with van der Waals surface area (Å²) in [5.74, 6) is -25.4. The van der Waals surface area contributed by atoms with E-state index < -0.39 is 71.8 Å². The van der Waals surface area contributed by atoms with Crippen LogP contribution >= 0.6 is 11.6 Å². The van der Waals surface area contributed by atoms with Gasteiger partial charge in [-0.2, -0.15) is 96.6 Å². The smallest absolute Gasteiger partial charge is 0.458 e. The van der Waals surface area contributed by atoms with E-state index in [2.05, 4.69) is 11.6 Å². The minimum absolute atomic E-state index is 0.996. The average Bonchev–Trinajstić information content (AvgIpc) is 2.62. The molecule has 0 saturated carbocycles. The summed E-state index contributed by atoms with van der Waals surface area (Å²) >= 11 is 3.43. The van der Waals surface area contributed by atoms with E-state index in [1.807, 2.05) is 0 Å². The van der Waals surface area contributed by atoms with E-state index >= 15 is 0 Å². The topological polar surface area (TPSA) is 50.8 Å². The molecule has 0 saturated heterocycles. The first kappa shape index (κ1) is 39.4. The lowest BCUT2D eigenvalue weighted by molar-refractivity contribution is -0.664. The van der Waals surface area contributed by atoms with Gasteiger partial charge in [0.25, 0.3) is 0 Å². The van der Waals surface area contributed by atoms with Gasteiger partial charge in [-0.05, 0) is 0 Å². The van der Waals surface area contributed by atoms with Crippen molar-refractivity contribution in [3.05, 3.63) is 0 Å². The third-order valence-corrected chi connectivity index (χ3v) is 4.17. The van der Waals surface area contributed by atoms with Crippen LogP contribution in [0, 0.1) is 0 Å². The van der Waals surface area contributed by atoms with Crippen molar-refractivity contribution >= 4 is 11.6 Å². The molecule has 0 aromatic heterocycles. The molecule has 0 aromatic rings. The van der Waals surface area contributed by atoms with Gasteiger partial charge < -0.3 is 5.11 Å². The third-order valence-electron chi connectivity index (χ3n) is 3.73. The predicted octanol–water partition coefficient (Wildman–Crippen LogP) is 6.92. The quantitative estimate of drug-likeness (QED) is 0.184. The van der Waals surface area contributed by atoms with Crippen molar-refractivity contribution < 1.29 is 125 Å². The number of rotatable bonds is 10. The van der Waals surface area contributed by atoms with Crippen LogP contribution < -0.4 is 5.11 Å². The summed E-state index contributed by atoms with van der Waals surface area (Å²) in [6.45, 7) is 0.